The second kappa shape index (κ2) is 13.7. The fourth-order valence-electron chi connectivity index (χ4n) is 8.14. The molecule has 0 bridgehead atoms. The summed E-state index contributed by atoms with van der Waals surface area (Å²) in [7, 11) is 0. The van der Waals surface area contributed by atoms with Gasteiger partial charge < -0.3 is 9.32 Å². The van der Waals surface area contributed by atoms with E-state index in [4.69, 9.17) is 4.42 Å². The average Bonchev–Trinajstić information content (AvgIpc) is 3.58. The van der Waals surface area contributed by atoms with Crippen molar-refractivity contribution >= 4 is 49.8 Å². The molecule has 0 aliphatic carbocycles. The molecule has 0 aliphatic rings. The van der Waals surface area contributed by atoms with Crippen molar-refractivity contribution in [2.45, 2.75) is 52.4 Å². The molecule has 0 atom stereocenters. The normalized spacial score (nSPS) is 12.1. The van der Waals surface area contributed by atoms with E-state index in [1.807, 2.05) is 12.1 Å². The van der Waals surface area contributed by atoms with Crippen LogP contribution in [0.15, 0.2) is 180 Å². The number of para-hydroxylation sites is 3. The second-order valence-corrected chi connectivity index (χ2v) is 17.0. The Morgan fingerprint density at radius 1 is 0.393 bits per heavy atom. The molecule has 2 heteroatoms. The number of anilines is 3. The molecule has 0 aliphatic heterocycles. The largest absolute Gasteiger partial charge is 0.456 e. The Hall–Kier alpha value is -6.38. The van der Waals surface area contributed by atoms with Crippen molar-refractivity contribution in [3.8, 4) is 33.4 Å². The monoisotopic (exact) mass is 725 g/mol. The van der Waals surface area contributed by atoms with E-state index >= 15 is 0 Å². The second-order valence-electron chi connectivity index (χ2n) is 17.0. The van der Waals surface area contributed by atoms with Gasteiger partial charge in [-0.1, -0.05) is 181 Å². The summed E-state index contributed by atoms with van der Waals surface area (Å²) in [6.45, 7) is 13.9. The first-order valence-electron chi connectivity index (χ1n) is 19.7. The van der Waals surface area contributed by atoms with E-state index in [1.165, 1.54) is 44.2 Å². The minimum Gasteiger partial charge on any atom is -0.456 e. The van der Waals surface area contributed by atoms with Crippen LogP contribution in [0.2, 0.25) is 0 Å². The minimum absolute atomic E-state index is 0.00405. The molecule has 8 aromatic carbocycles. The van der Waals surface area contributed by atoms with Crippen molar-refractivity contribution in [3.63, 3.8) is 0 Å². The first-order chi connectivity index (χ1) is 27.0. The zero-order chi connectivity index (χ0) is 38.6. The third-order valence-electron chi connectivity index (χ3n) is 11.2. The van der Waals surface area contributed by atoms with Gasteiger partial charge in [0.2, 0.25) is 0 Å². The molecule has 1 heterocycles. The van der Waals surface area contributed by atoms with Crippen LogP contribution in [0.4, 0.5) is 17.1 Å². The number of rotatable bonds is 6. The lowest BCUT2D eigenvalue weighted by Gasteiger charge is -2.30. The van der Waals surface area contributed by atoms with Crippen LogP contribution in [-0.2, 0) is 10.8 Å². The summed E-state index contributed by atoms with van der Waals surface area (Å²) < 4.78 is 6.33. The Labute approximate surface area is 330 Å². The SMILES string of the molecule is CC(C)(C)c1cc(-c2cccc3cccc(-c4ccccc4N(c4ccc5oc6ccccc6c5c4)c4ccccc4-c4ccccc4)c23)cc(C(C)(C)C)c1. The van der Waals surface area contributed by atoms with Crippen molar-refractivity contribution in [1.29, 1.82) is 0 Å². The van der Waals surface area contributed by atoms with E-state index in [1.54, 1.807) is 0 Å². The van der Waals surface area contributed by atoms with E-state index in [0.29, 0.717) is 0 Å². The van der Waals surface area contributed by atoms with Crippen molar-refractivity contribution in [2.75, 3.05) is 4.90 Å². The van der Waals surface area contributed by atoms with Gasteiger partial charge in [-0.05, 0) is 91.4 Å². The molecule has 1 aromatic heterocycles. The van der Waals surface area contributed by atoms with Crippen LogP contribution in [0.1, 0.15) is 52.7 Å². The van der Waals surface area contributed by atoms with Gasteiger partial charge in [0, 0.05) is 27.6 Å². The minimum atomic E-state index is 0.00405. The zero-order valence-electron chi connectivity index (χ0n) is 33.1. The molecule has 56 heavy (non-hydrogen) atoms. The summed E-state index contributed by atoms with van der Waals surface area (Å²) in [6, 6.07) is 64.1. The van der Waals surface area contributed by atoms with Crippen LogP contribution in [-0.4, -0.2) is 0 Å². The maximum absolute atomic E-state index is 6.33. The van der Waals surface area contributed by atoms with Gasteiger partial charge in [0.05, 0.1) is 11.4 Å². The molecule has 9 aromatic rings. The highest BCUT2D eigenvalue weighted by molar-refractivity contribution is 6.10. The smallest absolute Gasteiger partial charge is 0.135 e. The van der Waals surface area contributed by atoms with Crippen molar-refractivity contribution in [1.82, 2.24) is 0 Å². The average molecular weight is 726 g/mol. The lowest BCUT2D eigenvalue weighted by atomic mass is 9.78. The van der Waals surface area contributed by atoms with Gasteiger partial charge in [0.15, 0.2) is 0 Å². The highest BCUT2D eigenvalue weighted by Crippen LogP contribution is 2.48. The third kappa shape index (κ3) is 6.35. The maximum atomic E-state index is 6.33. The molecular weight excluding hydrogens is 679 g/mol. The van der Waals surface area contributed by atoms with E-state index in [9.17, 15) is 0 Å². The zero-order valence-corrected chi connectivity index (χ0v) is 33.1. The van der Waals surface area contributed by atoms with Gasteiger partial charge in [-0.2, -0.15) is 0 Å². The van der Waals surface area contributed by atoms with Crippen LogP contribution < -0.4 is 4.90 Å². The molecule has 2 nitrogen and oxygen atoms in total. The first kappa shape index (κ1) is 35.3. The highest BCUT2D eigenvalue weighted by Gasteiger charge is 2.25. The maximum Gasteiger partial charge on any atom is 0.135 e. The van der Waals surface area contributed by atoms with Gasteiger partial charge >= 0.3 is 0 Å². The Morgan fingerprint density at radius 3 is 1.64 bits per heavy atom. The Balaban J connectivity index is 1.33. The first-order valence-corrected chi connectivity index (χ1v) is 19.7. The van der Waals surface area contributed by atoms with Gasteiger partial charge in [0.25, 0.3) is 0 Å². The van der Waals surface area contributed by atoms with Crippen LogP contribution in [0.25, 0.3) is 66.1 Å². The molecule has 0 N–H and O–H groups in total. The predicted octanol–water partition coefficient (Wildman–Crippen LogP) is 15.8. The number of fused-ring (bicyclic) bond motifs is 4. The van der Waals surface area contributed by atoms with Gasteiger partial charge in [0.1, 0.15) is 11.2 Å². The highest BCUT2D eigenvalue weighted by atomic mass is 16.3. The number of nitrogens with zero attached hydrogens (tertiary/aromatic N) is 1. The molecule has 9 rings (SSSR count). The topological polar surface area (TPSA) is 16.4 Å². The standard InChI is InChI=1S/C54H47NO/c1-53(2,3)39-32-38(33-40(34-39)54(4,5)6)43-25-16-20-37-21-17-26-46(52(37)43)44-23-11-14-28-49(44)55(48-27-13-10-22-42(48)36-18-8-7-9-19-36)41-30-31-51-47(35-41)45-24-12-15-29-50(45)56-51/h7-35H,1-6H3. The summed E-state index contributed by atoms with van der Waals surface area (Å²) in [6.07, 6.45) is 0. The summed E-state index contributed by atoms with van der Waals surface area (Å²) in [5.74, 6) is 0. The third-order valence-corrected chi connectivity index (χ3v) is 11.2. The van der Waals surface area contributed by atoms with Crippen LogP contribution in [0.3, 0.4) is 0 Å². The van der Waals surface area contributed by atoms with Crippen LogP contribution in [0, 0.1) is 0 Å². The van der Waals surface area contributed by atoms with Crippen molar-refractivity contribution in [3.05, 3.63) is 187 Å². The lowest BCUT2D eigenvalue weighted by molar-refractivity contribution is 0.569. The number of hydrogen-bond acceptors (Lipinski definition) is 2. The van der Waals surface area contributed by atoms with Gasteiger partial charge in [-0.3, -0.25) is 0 Å². The molecule has 0 saturated heterocycles. The fourth-order valence-corrected chi connectivity index (χ4v) is 8.14. The van der Waals surface area contributed by atoms with Crippen LogP contribution >= 0.6 is 0 Å². The summed E-state index contributed by atoms with van der Waals surface area (Å²) in [5, 5.41) is 4.68. The van der Waals surface area contributed by atoms with Crippen molar-refractivity contribution < 1.29 is 4.42 Å². The summed E-state index contributed by atoms with van der Waals surface area (Å²) in [4.78, 5) is 2.44. The van der Waals surface area contributed by atoms with Gasteiger partial charge in [-0.25, -0.2) is 0 Å². The number of furan rings is 1. The molecule has 0 spiro atoms. The van der Waals surface area contributed by atoms with E-state index < -0.39 is 0 Å². The molecule has 0 unspecified atom stereocenters. The molecule has 274 valence electrons. The fraction of sp³-hybridized carbons (Fsp3) is 0.148. The molecule has 0 saturated carbocycles. The quantitative estimate of drug-likeness (QED) is 0.170. The Morgan fingerprint density at radius 2 is 0.946 bits per heavy atom. The molecule has 0 fully saturated rings. The lowest BCUT2D eigenvalue weighted by Crippen LogP contribution is -2.16. The molecule has 0 radical (unpaired) electrons. The Kier molecular flexibility index (Phi) is 8.66. The van der Waals surface area contributed by atoms with E-state index in [0.717, 1.165) is 50.1 Å². The predicted molar refractivity (Wildman–Crippen MR) is 240 cm³/mol. The Bertz CT molecular complexity index is 2840. The van der Waals surface area contributed by atoms with E-state index in [2.05, 4.69) is 210 Å². The summed E-state index contributed by atoms with van der Waals surface area (Å²) >= 11 is 0. The number of benzene rings is 8. The molecule has 0 amide bonds. The van der Waals surface area contributed by atoms with Crippen molar-refractivity contribution in [2.24, 2.45) is 0 Å². The van der Waals surface area contributed by atoms with Crippen LogP contribution in [0.5, 0.6) is 0 Å². The summed E-state index contributed by atoms with van der Waals surface area (Å²) in [5.41, 5.74) is 14.9. The number of hydrogen-bond donors (Lipinski definition) is 0. The van der Waals surface area contributed by atoms with Gasteiger partial charge in [-0.15, -0.1) is 0 Å². The molecular formula is C54H47NO. The van der Waals surface area contributed by atoms with E-state index in [-0.39, 0.29) is 10.8 Å².